The molecule has 3 aliphatic heterocycles. The zero-order valence-corrected chi connectivity index (χ0v) is 67.3. The zero-order chi connectivity index (χ0) is 74.9. The highest BCUT2D eigenvalue weighted by Gasteiger charge is 2.30. The lowest BCUT2D eigenvalue weighted by Crippen LogP contribution is -2.42. The summed E-state index contributed by atoms with van der Waals surface area (Å²) in [5.41, 5.74) is 8.78. The van der Waals surface area contributed by atoms with Gasteiger partial charge in [0.2, 0.25) is 0 Å². The molecule has 4 fully saturated rings. The third kappa shape index (κ3) is 20.6. The Morgan fingerprint density at radius 1 is 0.418 bits per heavy atom. The van der Waals surface area contributed by atoms with Gasteiger partial charge in [0.1, 0.15) is 54.8 Å². The van der Waals surface area contributed by atoms with Gasteiger partial charge in [0.25, 0.3) is 0 Å². The summed E-state index contributed by atoms with van der Waals surface area (Å²) in [5.74, 6) is 7.13. The van der Waals surface area contributed by atoms with Crippen molar-refractivity contribution in [2.45, 2.75) is 155 Å². The van der Waals surface area contributed by atoms with Crippen molar-refractivity contribution in [2.24, 2.45) is 25.9 Å². The molecule has 12 aromatic heterocycles. The Morgan fingerprint density at radius 2 is 0.782 bits per heavy atom. The molecule has 27 nitrogen and oxygen atoms in total. The first kappa shape index (κ1) is 82.4. The predicted molar refractivity (Wildman–Crippen MR) is 446 cm³/mol. The van der Waals surface area contributed by atoms with Gasteiger partial charge < -0.3 is 56.4 Å². The first-order chi connectivity index (χ1) is 52.8. The number of aliphatic hydroxyl groups excluding tert-OH is 4. The number of nitrogens with zero attached hydrogens (tertiary/aromatic N) is 19. The third-order valence-electron chi connectivity index (χ3n) is 20.5. The second-order valence-electron chi connectivity index (χ2n) is 28.0. The van der Waals surface area contributed by atoms with Crippen molar-refractivity contribution >= 4 is 127 Å². The molecule has 110 heavy (non-hydrogen) atoms. The van der Waals surface area contributed by atoms with E-state index in [1.165, 1.54) is 30.4 Å². The number of halogens is 4. The molecular weight excluding hydrogens is 1650 g/mol. The SMILES string of the molecule is C.C.C[n+]1cccc(CNc2cc(N3CCCCC3CCO)nc3c(Br)cnn23)c1.C[n+]1cccc(CNc2cc(N3CCCCC3CO)nc3c(Br)cnn23)c1.OCC1CCCCN1c1cc(NCc2cccnc2)n2ncc(Br)c2n1.OC[C@H]1CCCC[C@H]1Cc1cc(NCc2cccnc2)n2ncc(Br)c2n1. The lowest BCUT2D eigenvalue weighted by atomic mass is 9.77. The van der Waals surface area contributed by atoms with Crippen LogP contribution in [0.4, 0.5) is 40.7 Å². The zero-order valence-electron chi connectivity index (χ0n) is 60.9. The van der Waals surface area contributed by atoms with Crippen LogP contribution in [0.1, 0.15) is 133 Å². The van der Waals surface area contributed by atoms with Gasteiger partial charge in [0.15, 0.2) is 47.4 Å². The average Bonchev–Trinajstić information content (AvgIpc) is 1.59. The molecule has 16 rings (SSSR count). The maximum atomic E-state index is 9.78. The van der Waals surface area contributed by atoms with E-state index in [9.17, 15) is 20.4 Å². The Kier molecular flexibility index (Phi) is 30.0. The molecule has 0 amide bonds. The van der Waals surface area contributed by atoms with Crippen LogP contribution in [0.15, 0.2) is 165 Å². The van der Waals surface area contributed by atoms with Gasteiger partial charge in [-0.15, -0.1) is 0 Å². The van der Waals surface area contributed by atoms with E-state index in [-0.39, 0.29) is 53.4 Å². The number of anilines is 7. The molecule has 5 atom stereocenters. The van der Waals surface area contributed by atoms with E-state index >= 15 is 0 Å². The fourth-order valence-corrected chi connectivity index (χ4v) is 16.3. The highest BCUT2D eigenvalue weighted by Crippen LogP contribution is 2.36. The van der Waals surface area contributed by atoms with Gasteiger partial charge in [-0.2, -0.15) is 38.5 Å². The molecule has 0 spiro atoms. The van der Waals surface area contributed by atoms with Crippen molar-refractivity contribution in [3.05, 3.63) is 193 Å². The Morgan fingerprint density at radius 3 is 1.16 bits per heavy atom. The summed E-state index contributed by atoms with van der Waals surface area (Å²) in [6.45, 7) is 6.26. The maximum Gasteiger partial charge on any atom is 0.173 e. The molecule has 8 N–H and O–H groups in total. The second-order valence-corrected chi connectivity index (χ2v) is 31.5. The molecule has 3 saturated heterocycles. The van der Waals surface area contributed by atoms with Gasteiger partial charge in [-0.05, 0) is 194 Å². The molecule has 12 aromatic rings. The van der Waals surface area contributed by atoms with Crippen molar-refractivity contribution in [3.8, 4) is 0 Å². The van der Waals surface area contributed by atoms with E-state index in [0.29, 0.717) is 44.1 Å². The first-order valence-corrected chi connectivity index (χ1v) is 40.5. The van der Waals surface area contributed by atoms with E-state index in [2.05, 4.69) is 167 Å². The normalized spacial score (nSPS) is 17.8. The fourth-order valence-electron chi connectivity index (χ4n) is 14.9. The lowest BCUT2D eigenvalue weighted by molar-refractivity contribution is -0.672. The summed E-state index contributed by atoms with van der Waals surface area (Å²) in [5, 5.41) is 70.4. The molecular formula is C79H103Br4N23O4+2. The summed E-state index contributed by atoms with van der Waals surface area (Å²) in [4.78, 5) is 34.4. The number of piperidine rings is 3. The van der Waals surface area contributed by atoms with E-state index in [4.69, 9.17) is 19.9 Å². The Labute approximate surface area is 676 Å². The molecule has 0 bridgehead atoms. The molecule has 584 valence electrons. The van der Waals surface area contributed by atoms with E-state index in [1.54, 1.807) is 41.7 Å². The van der Waals surface area contributed by atoms with E-state index in [0.717, 1.165) is 195 Å². The number of fused-ring (bicyclic) bond motifs is 4. The minimum atomic E-state index is 0. The van der Waals surface area contributed by atoms with Crippen LogP contribution >= 0.6 is 63.7 Å². The third-order valence-corrected chi connectivity index (χ3v) is 22.7. The van der Waals surface area contributed by atoms with Crippen LogP contribution < -0.4 is 45.1 Å². The predicted octanol–water partition coefficient (Wildman–Crippen LogP) is 12.9. The van der Waals surface area contributed by atoms with Crippen molar-refractivity contribution in [2.75, 3.05) is 82.0 Å². The molecule has 0 radical (unpaired) electrons. The largest absolute Gasteiger partial charge is 0.396 e. The minimum absolute atomic E-state index is 0. The summed E-state index contributed by atoms with van der Waals surface area (Å²) in [7, 11) is 4.04. The topological polar surface area (TPSA) is 293 Å². The standard InChI is InChI=1S/C20H26BrN6O.C20H24BrN5O.C19H24BrN6O.C18H21BrN6O.2CH4/c1-25-8-4-5-15(14-25)12-22-18-11-19(24-20-17(21)13-23-27(18)20)26-9-3-2-6-16(26)7-10-28;21-18-12-24-26-19(23-11-14-4-3-7-22-10-14)9-17(25-20(18)26)8-15-5-1-2-6-16(15)13-27;1-24-7-4-5-14(12-24)10-21-17-9-18(23-19-16(20)11-22-26(17)19)25-8-3-2-6-15(25)13-27;19-15-11-22-25-16(21-10-13-4-3-6-20-9-13)8-17(23-18(15)25)24-7-2-1-5-14(24)12-26;;/h4-5,8,11,13-14,16,22,28H,2-3,6-7,9-10,12H2,1H3;3-4,7,9-10,12,15-16,23,27H,1-2,5-6,8,11,13H2;4-5,7,9,11-12,15,21,27H,2-3,6,8,10,13H2,1H3;3-4,6,8-9,11,14,21,26H,1-2,5,7,10,12H2;2*1H4/q+1;;+1;;;/t;15-,16+;;;;/m.0..../s1. The van der Waals surface area contributed by atoms with Crippen LogP contribution in [0.5, 0.6) is 0 Å². The number of hydrogen-bond acceptors (Lipinski definition) is 21. The van der Waals surface area contributed by atoms with Gasteiger partial charge in [-0.25, -0.2) is 29.1 Å². The smallest absolute Gasteiger partial charge is 0.173 e. The van der Waals surface area contributed by atoms with Crippen LogP contribution in [-0.4, -0.2) is 153 Å². The number of aromatic nitrogens is 16. The molecule has 3 unspecified atom stereocenters. The highest BCUT2D eigenvalue weighted by molar-refractivity contribution is 9.11. The molecule has 15 heterocycles. The first-order valence-electron chi connectivity index (χ1n) is 37.3. The van der Waals surface area contributed by atoms with Crippen molar-refractivity contribution in [3.63, 3.8) is 0 Å². The fraction of sp³-hybridized carbons (Fsp3) is 0.443. The van der Waals surface area contributed by atoms with Gasteiger partial charge in [0.05, 0.1) is 68.0 Å². The van der Waals surface area contributed by atoms with Gasteiger partial charge >= 0.3 is 0 Å². The average molecular weight is 1760 g/mol. The van der Waals surface area contributed by atoms with Crippen LogP contribution in [0.25, 0.3) is 22.6 Å². The van der Waals surface area contributed by atoms with Crippen LogP contribution in [0, 0.1) is 11.8 Å². The number of aliphatic hydroxyl groups is 4. The molecule has 4 aliphatic rings. The molecule has 31 heteroatoms. The molecule has 1 saturated carbocycles. The number of hydrogen-bond donors (Lipinski definition) is 8. The monoisotopic (exact) mass is 1750 g/mol. The van der Waals surface area contributed by atoms with Crippen molar-refractivity contribution in [1.29, 1.82) is 0 Å². The van der Waals surface area contributed by atoms with Gasteiger partial charge in [-0.1, -0.05) is 39.8 Å². The number of aryl methyl sites for hydroxylation is 2. The van der Waals surface area contributed by atoms with Gasteiger partial charge in [0, 0.05) is 143 Å². The minimum Gasteiger partial charge on any atom is -0.396 e. The van der Waals surface area contributed by atoms with Gasteiger partial charge in [-0.3, -0.25) is 9.97 Å². The van der Waals surface area contributed by atoms with E-state index in [1.807, 2.05) is 110 Å². The Balaban J connectivity index is 0.000000145. The molecule has 0 aromatic carbocycles. The second kappa shape index (κ2) is 40.1. The summed E-state index contributed by atoms with van der Waals surface area (Å²) >= 11 is 14.2. The van der Waals surface area contributed by atoms with E-state index < -0.39 is 0 Å². The van der Waals surface area contributed by atoms with Crippen molar-refractivity contribution < 1.29 is 29.6 Å². The Bertz CT molecular complexity index is 4900. The Hall–Kier alpha value is -8.56. The van der Waals surface area contributed by atoms with Crippen LogP contribution in [0.3, 0.4) is 0 Å². The summed E-state index contributed by atoms with van der Waals surface area (Å²) in [6, 6.07) is 25.0. The molecule has 1 aliphatic carbocycles. The summed E-state index contributed by atoms with van der Waals surface area (Å²) < 4.78 is 14.8. The maximum absolute atomic E-state index is 9.78. The summed E-state index contributed by atoms with van der Waals surface area (Å²) in [6.07, 6.45) is 38.9. The lowest BCUT2D eigenvalue weighted by Gasteiger charge is -2.36. The number of rotatable bonds is 22. The highest BCUT2D eigenvalue weighted by atomic mass is 79.9. The number of pyridine rings is 4. The van der Waals surface area contributed by atoms with Crippen molar-refractivity contribution in [1.82, 2.24) is 68.4 Å². The number of nitrogens with one attached hydrogen (secondary N) is 4. The quantitative estimate of drug-likeness (QED) is 0.0293. The van der Waals surface area contributed by atoms with Crippen LogP contribution in [0.2, 0.25) is 0 Å². The van der Waals surface area contributed by atoms with Crippen LogP contribution in [-0.2, 0) is 46.7 Å².